The largest absolute Gasteiger partial charge is 0.481 e. The van der Waals surface area contributed by atoms with E-state index in [-0.39, 0.29) is 25.2 Å². The Labute approximate surface area is 70.1 Å². The smallest absolute Gasteiger partial charge is 0.303 e. The molecule has 11 heavy (non-hydrogen) atoms. The van der Waals surface area contributed by atoms with Crippen LogP contribution in [0.5, 0.6) is 0 Å². The van der Waals surface area contributed by atoms with Crippen molar-refractivity contribution in [2.75, 3.05) is 0 Å². The van der Waals surface area contributed by atoms with Crippen LogP contribution in [0.4, 0.5) is 0 Å². The summed E-state index contributed by atoms with van der Waals surface area (Å²) in [5, 5.41) is 8.14. The second-order valence-corrected chi connectivity index (χ2v) is 1.94. The molecular weight excluding hydrogens is 172 g/mol. The van der Waals surface area contributed by atoms with Gasteiger partial charge in [0.15, 0.2) is 0 Å². The van der Waals surface area contributed by atoms with Gasteiger partial charge in [0, 0.05) is 6.42 Å². The molecule has 0 saturated carbocycles. The lowest BCUT2D eigenvalue weighted by Gasteiger charge is -2.02. The quantitative estimate of drug-likeness (QED) is 0.523. The van der Waals surface area contributed by atoms with Gasteiger partial charge in [-0.25, -0.2) is 0 Å². The van der Waals surface area contributed by atoms with Crippen LogP contribution < -0.4 is 11.5 Å². The molecule has 0 spiro atoms. The minimum absolute atomic E-state index is 0. The van der Waals surface area contributed by atoms with Crippen LogP contribution in [0.1, 0.15) is 12.8 Å². The zero-order valence-corrected chi connectivity index (χ0v) is 6.63. The number of hydrogen-bond donors (Lipinski definition) is 3. The molecule has 0 aromatic rings. The lowest BCUT2D eigenvalue weighted by Crippen LogP contribution is -2.36. The normalized spacial score (nSPS) is 11.4. The van der Waals surface area contributed by atoms with Crippen molar-refractivity contribution >= 4 is 24.3 Å². The maximum absolute atomic E-state index is 10.2. The van der Waals surface area contributed by atoms with E-state index in [0.29, 0.717) is 0 Å². The number of rotatable bonds is 4. The monoisotopic (exact) mass is 182 g/mol. The van der Waals surface area contributed by atoms with E-state index in [0.717, 1.165) is 0 Å². The molecule has 5 N–H and O–H groups in total. The molecule has 0 aliphatic rings. The van der Waals surface area contributed by atoms with E-state index in [4.69, 9.17) is 16.6 Å². The van der Waals surface area contributed by atoms with Gasteiger partial charge >= 0.3 is 5.97 Å². The van der Waals surface area contributed by atoms with Gasteiger partial charge in [0.05, 0.1) is 6.04 Å². The van der Waals surface area contributed by atoms with Gasteiger partial charge in [-0.15, -0.1) is 12.4 Å². The number of halogens is 1. The Bertz CT molecular complexity index is 151. The van der Waals surface area contributed by atoms with Gasteiger partial charge in [0.1, 0.15) is 0 Å². The Morgan fingerprint density at radius 1 is 1.45 bits per heavy atom. The first-order chi connectivity index (χ1) is 4.54. The molecule has 1 atom stereocenters. The van der Waals surface area contributed by atoms with Crippen LogP contribution in [0.3, 0.4) is 0 Å². The van der Waals surface area contributed by atoms with Gasteiger partial charge in [0.2, 0.25) is 5.91 Å². The summed E-state index contributed by atoms with van der Waals surface area (Å²) < 4.78 is 0. The highest BCUT2D eigenvalue weighted by molar-refractivity contribution is 5.85. The average molecular weight is 183 g/mol. The van der Waals surface area contributed by atoms with Gasteiger partial charge in [-0.3, -0.25) is 9.59 Å². The molecule has 0 aliphatic heterocycles. The first-order valence-electron chi connectivity index (χ1n) is 2.80. The minimum Gasteiger partial charge on any atom is -0.481 e. The number of hydrogen-bond acceptors (Lipinski definition) is 3. The van der Waals surface area contributed by atoms with Crippen molar-refractivity contribution in [3.63, 3.8) is 0 Å². The van der Waals surface area contributed by atoms with Gasteiger partial charge in [-0.1, -0.05) is 0 Å². The predicted molar refractivity (Wildman–Crippen MR) is 41.3 cm³/mol. The Morgan fingerprint density at radius 2 is 1.91 bits per heavy atom. The lowest BCUT2D eigenvalue weighted by atomic mass is 10.1. The average Bonchev–Trinajstić information content (AvgIpc) is 1.82. The first-order valence-corrected chi connectivity index (χ1v) is 2.80. The molecule has 66 valence electrons. The molecule has 0 saturated heterocycles. The molecule has 5 nitrogen and oxygen atoms in total. The summed E-state index contributed by atoms with van der Waals surface area (Å²) in [5.74, 6) is -1.64. The van der Waals surface area contributed by atoms with Crippen molar-refractivity contribution in [2.24, 2.45) is 11.5 Å². The molecule has 1 amide bonds. The standard InChI is InChI=1S/C5H10N2O3.ClH/c6-3(5(7)10)1-2-4(8)9;/h3H,1-2,6H2,(H2,7,10)(H,8,9);1H/t3-;/m0./s1. The van der Waals surface area contributed by atoms with E-state index in [9.17, 15) is 9.59 Å². The molecule has 0 rings (SSSR count). The highest BCUT2D eigenvalue weighted by atomic mass is 35.5. The molecule has 0 heterocycles. The van der Waals surface area contributed by atoms with Gasteiger partial charge in [-0.2, -0.15) is 0 Å². The highest BCUT2D eigenvalue weighted by Gasteiger charge is 2.10. The molecule has 0 unspecified atom stereocenters. The van der Waals surface area contributed by atoms with Crippen LogP contribution in [0, 0.1) is 0 Å². The fraction of sp³-hybridized carbons (Fsp3) is 0.600. The molecule has 0 aromatic carbocycles. The number of carboxylic acid groups (broad SMARTS) is 1. The summed E-state index contributed by atoms with van der Waals surface area (Å²) in [7, 11) is 0. The lowest BCUT2D eigenvalue weighted by molar-refractivity contribution is -0.137. The fourth-order valence-corrected chi connectivity index (χ4v) is 0.421. The zero-order valence-electron chi connectivity index (χ0n) is 5.82. The summed E-state index contributed by atoms with van der Waals surface area (Å²) >= 11 is 0. The van der Waals surface area contributed by atoms with Crippen LogP contribution in [-0.4, -0.2) is 23.0 Å². The van der Waals surface area contributed by atoms with Crippen LogP contribution in [0.2, 0.25) is 0 Å². The fourth-order valence-electron chi connectivity index (χ4n) is 0.421. The third kappa shape index (κ3) is 7.08. The molecule has 0 radical (unpaired) electrons. The number of carbonyl (C=O) groups is 2. The summed E-state index contributed by atoms with van der Waals surface area (Å²) in [6.07, 6.45) is -0.0191. The van der Waals surface area contributed by atoms with Crippen molar-refractivity contribution in [3.8, 4) is 0 Å². The summed E-state index contributed by atoms with van der Waals surface area (Å²) in [4.78, 5) is 20.1. The number of carbonyl (C=O) groups excluding carboxylic acids is 1. The molecule has 0 fully saturated rings. The van der Waals surface area contributed by atoms with Gasteiger partial charge < -0.3 is 16.6 Å². The topological polar surface area (TPSA) is 106 Å². The second-order valence-electron chi connectivity index (χ2n) is 1.94. The molecule has 0 aliphatic carbocycles. The Kier molecular flexibility index (Phi) is 6.92. The summed E-state index contributed by atoms with van der Waals surface area (Å²) in [6, 6.07) is -0.837. The van der Waals surface area contributed by atoms with Crippen molar-refractivity contribution in [1.82, 2.24) is 0 Å². The SMILES string of the molecule is Cl.NC(=O)[C@@H](N)CCC(=O)O. The zero-order chi connectivity index (χ0) is 8.15. The number of nitrogens with two attached hydrogens (primary N) is 2. The van der Waals surface area contributed by atoms with E-state index < -0.39 is 17.9 Å². The maximum Gasteiger partial charge on any atom is 0.303 e. The molecule has 0 bridgehead atoms. The summed E-state index contributed by atoms with van der Waals surface area (Å²) in [6.45, 7) is 0. The Balaban J connectivity index is 0. The van der Waals surface area contributed by atoms with E-state index in [1.165, 1.54) is 0 Å². The molecule has 6 heteroatoms. The first kappa shape index (κ1) is 12.8. The Morgan fingerprint density at radius 3 is 2.18 bits per heavy atom. The second kappa shape index (κ2) is 5.94. The Hall–Kier alpha value is -0.810. The maximum atomic E-state index is 10.2. The van der Waals surface area contributed by atoms with E-state index in [1.807, 2.05) is 0 Å². The van der Waals surface area contributed by atoms with Crippen LogP contribution >= 0.6 is 12.4 Å². The highest BCUT2D eigenvalue weighted by Crippen LogP contribution is 1.92. The van der Waals surface area contributed by atoms with Gasteiger partial charge in [0.25, 0.3) is 0 Å². The third-order valence-corrected chi connectivity index (χ3v) is 1.03. The van der Waals surface area contributed by atoms with E-state index in [1.54, 1.807) is 0 Å². The third-order valence-electron chi connectivity index (χ3n) is 1.03. The van der Waals surface area contributed by atoms with Crippen LogP contribution in [-0.2, 0) is 9.59 Å². The minimum atomic E-state index is -0.975. The number of primary amides is 1. The predicted octanol–water partition coefficient (Wildman–Crippen LogP) is -0.914. The van der Waals surface area contributed by atoms with Crippen molar-refractivity contribution < 1.29 is 14.7 Å². The van der Waals surface area contributed by atoms with Gasteiger partial charge in [-0.05, 0) is 6.42 Å². The van der Waals surface area contributed by atoms with Crippen LogP contribution in [0.15, 0.2) is 0 Å². The van der Waals surface area contributed by atoms with E-state index >= 15 is 0 Å². The van der Waals surface area contributed by atoms with Crippen molar-refractivity contribution in [2.45, 2.75) is 18.9 Å². The summed E-state index contributed by atoms with van der Waals surface area (Å²) in [5.41, 5.74) is 9.89. The van der Waals surface area contributed by atoms with Crippen molar-refractivity contribution in [3.05, 3.63) is 0 Å². The number of aliphatic carboxylic acids is 1. The van der Waals surface area contributed by atoms with E-state index in [2.05, 4.69) is 0 Å². The molecular formula is C5H11ClN2O3. The van der Waals surface area contributed by atoms with Crippen molar-refractivity contribution in [1.29, 1.82) is 0 Å². The van der Waals surface area contributed by atoms with Crippen LogP contribution in [0.25, 0.3) is 0 Å². The molecule has 0 aromatic heterocycles. The number of amides is 1. The number of carboxylic acids is 1.